The highest BCUT2D eigenvalue weighted by molar-refractivity contribution is 6.11. The van der Waals surface area contributed by atoms with E-state index in [-0.39, 0.29) is 6.42 Å². The number of anilines is 2. The van der Waals surface area contributed by atoms with Crippen molar-refractivity contribution in [1.29, 1.82) is 0 Å². The molecule has 0 heterocycles. The van der Waals surface area contributed by atoms with Gasteiger partial charge in [-0.3, -0.25) is 14.4 Å². The van der Waals surface area contributed by atoms with Gasteiger partial charge >= 0.3 is 5.97 Å². The molecule has 7 heteroatoms. The molecule has 0 fully saturated rings. The quantitative estimate of drug-likeness (QED) is 0.449. The Morgan fingerprint density at radius 1 is 0.871 bits per heavy atom. The van der Waals surface area contributed by atoms with Crippen LogP contribution in [0.4, 0.5) is 11.4 Å². The summed E-state index contributed by atoms with van der Waals surface area (Å²) in [6.45, 7) is 1.27. The molecule has 0 spiro atoms. The fourth-order valence-electron chi connectivity index (χ4n) is 3.18. The minimum Gasteiger partial charge on any atom is -0.465 e. The molecule has 0 aliphatic carbocycles. The molecule has 0 saturated carbocycles. The molecule has 2 N–H and O–H groups in total. The van der Waals surface area contributed by atoms with Crippen molar-refractivity contribution in [3.05, 3.63) is 72.3 Å². The normalized spacial score (nSPS) is 11.4. The second kappa shape index (κ2) is 9.67. The number of benzene rings is 3. The van der Waals surface area contributed by atoms with Crippen LogP contribution >= 0.6 is 0 Å². The zero-order chi connectivity index (χ0) is 22.4. The van der Waals surface area contributed by atoms with Gasteiger partial charge in [-0.2, -0.15) is 0 Å². The van der Waals surface area contributed by atoms with Gasteiger partial charge < -0.3 is 15.4 Å². The third-order valence-electron chi connectivity index (χ3n) is 4.83. The molecular formula is C24H22N2O5. The minimum atomic E-state index is -1.14. The van der Waals surface area contributed by atoms with E-state index >= 15 is 0 Å². The number of carbonyl (C=O) groups is 4. The number of hydrogen-bond acceptors (Lipinski definition) is 5. The van der Waals surface area contributed by atoms with Gasteiger partial charge in [0.2, 0.25) is 11.8 Å². The topological polar surface area (TPSA) is 102 Å². The van der Waals surface area contributed by atoms with Gasteiger partial charge in [-0.05, 0) is 42.6 Å². The van der Waals surface area contributed by atoms with Gasteiger partial charge in [-0.25, -0.2) is 4.79 Å². The van der Waals surface area contributed by atoms with Gasteiger partial charge in [0, 0.05) is 23.2 Å². The molecule has 158 valence electrons. The lowest BCUT2D eigenvalue weighted by atomic mass is 9.99. The van der Waals surface area contributed by atoms with Gasteiger partial charge in [-0.1, -0.05) is 36.4 Å². The summed E-state index contributed by atoms with van der Waals surface area (Å²) >= 11 is 0. The van der Waals surface area contributed by atoms with Crippen molar-refractivity contribution in [3.8, 4) is 0 Å². The molecule has 0 aliphatic rings. The Hall–Kier alpha value is -4.00. The highest BCUT2D eigenvalue weighted by Crippen LogP contribution is 2.23. The first-order valence-corrected chi connectivity index (χ1v) is 9.66. The Labute approximate surface area is 179 Å². The largest absolute Gasteiger partial charge is 0.465 e. The summed E-state index contributed by atoms with van der Waals surface area (Å²) in [5.74, 6) is -3.09. The Kier molecular flexibility index (Phi) is 6.77. The number of methoxy groups -OCH3 is 1. The average Bonchev–Trinajstić information content (AvgIpc) is 2.77. The maximum atomic E-state index is 12.6. The number of amides is 2. The summed E-state index contributed by atoms with van der Waals surface area (Å²) in [7, 11) is 1.28. The Morgan fingerprint density at radius 2 is 1.55 bits per heavy atom. The minimum absolute atomic E-state index is 0.287. The molecular weight excluding hydrogens is 396 g/mol. The summed E-state index contributed by atoms with van der Waals surface area (Å²) in [5, 5.41) is 7.24. The fourth-order valence-corrected chi connectivity index (χ4v) is 3.18. The molecule has 0 radical (unpaired) electrons. The zero-order valence-corrected chi connectivity index (χ0v) is 17.2. The fraction of sp³-hybridized carbons (Fsp3) is 0.167. The van der Waals surface area contributed by atoms with Gasteiger partial charge in [-0.15, -0.1) is 0 Å². The first-order chi connectivity index (χ1) is 14.9. The van der Waals surface area contributed by atoms with E-state index in [1.807, 2.05) is 36.4 Å². The van der Waals surface area contributed by atoms with Crippen LogP contribution in [0.1, 0.15) is 23.7 Å². The lowest BCUT2D eigenvalue weighted by Crippen LogP contribution is -2.32. The van der Waals surface area contributed by atoms with Crippen LogP contribution in [0.3, 0.4) is 0 Å². The van der Waals surface area contributed by atoms with Crippen LogP contribution in [0.15, 0.2) is 66.7 Å². The SMILES string of the molecule is COC(=O)c1ccc(NC(=O)C(CC(=O)Nc2cccc3ccccc23)C(C)=O)cc1. The summed E-state index contributed by atoms with van der Waals surface area (Å²) in [6.07, 6.45) is -0.287. The monoisotopic (exact) mass is 418 g/mol. The lowest BCUT2D eigenvalue weighted by Gasteiger charge is -2.15. The van der Waals surface area contributed by atoms with E-state index in [2.05, 4.69) is 15.4 Å². The third-order valence-corrected chi connectivity index (χ3v) is 4.83. The number of carbonyl (C=O) groups excluding carboxylic acids is 4. The van der Waals surface area contributed by atoms with Crippen LogP contribution < -0.4 is 10.6 Å². The number of ether oxygens (including phenoxy) is 1. The van der Waals surface area contributed by atoms with E-state index in [0.29, 0.717) is 16.9 Å². The van der Waals surface area contributed by atoms with Crippen molar-refractivity contribution in [2.24, 2.45) is 5.92 Å². The second-order valence-corrected chi connectivity index (χ2v) is 7.00. The van der Waals surface area contributed by atoms with Crippen molar-refractivity contribution < 1.29 is 23.9 Å². The van der Waals surface area contributed by atoms with Crippen LogP contribution in [0.2, 0.25) is 0 Å². The number of esters is 1. The molecule has 0 aliphatic heterocycles. The van der Waals surface area contributed by atoms with Crippen LogP contribution in [0, 0.1) is 5.92 Å². The maximum Gasteiger partial charge on any atom is 0.337 e. The summed E-state index contributed by atoms with van der Waals surface area (Å²) in [5.41, 5.74) is 1.35. The van der Waals surface area contributed by atoms with Crippen molar-refractivity contribution in [2.45, 2.75) is 13.3 Å². The molecule has 0 aromatic heterocycles. The molecule has 1 unspecified atom stereocenters. The molecule has 2 amide bonds. The Morgan fingerprint density at radius 3 is 2.23 bits per heavy atom. The summed E-state index contributed by atoms with van der Waals surface area (Å²) < 4.78 is 4.63. The molecule has 7 nitrogen and oxygen atoms in total. The van der Waals surface area contributed by atoms with E-state index in [4.69, 9.17) is 0 Å². The highest BCUT2D eigenvalue weighted by Gasteiger charge is 2.26. The molecule has 0 saturated heterocycles. The van der Waals surface area contributed by atoms with Gasteiger partial charge in [0.1, 0.15) is 11.7 Å². The maximum absolute atomic E-state index is 12.6. The zero-order valence-electron chi connectivity index (χ0n) is 17.2. The van der Waals surface area contributed by atoms with Crippen LogP contribution in [0.5, 0.6) is 0 Å². The van der Waals surface area contributed by atoms with Crippen LogP contribution in [-0.2, 0) is 19.1 Å². The standard InChI is InChI=1S/C24H22N2O5/c1-15(27)20(23(29)25-18-12-10-17(11-13-18)24(30)31-2)14-22(28)26-21-9-5-7-16-6-3-4-8-19(16)21/h3-13,20H,14H2,1-2H3,(H,25,29)(H,26,28). The third kappa shape index (κ3) is 5.33. The predicted octanol–water partition coefficient (Wildman–Crippen LogP) is 3.80. The second-order valence-electron chi connectivity index (χ2n) is 7.00. The average molecular weight is 418 g/mol. The number of ketones is 1. The Bertz CT molecular complexity index is 1130. The van der Waals surface area contributed by atoms with E-state index in [0.717, 1.165) is 10.8 Å². The molecule has 0 bridgehead atoms. The predicted molar refractivity (Wildman–Crippen MR) is 118 cm³/mol. The lowest BCUT2D eigenvalue weighted by molar-refractivity contribution is -0.133. The van der Waals surface area contributed by atoms with Gasteiger partial charge in [0.05, 0.1) is 12.7 Å². The smallest absolute Gasteiger partial charge is 0.337 e. The summed E-state index contributed by atoms with van der Waals surface area (Å²) in [6, 6.07) is 19.2. The number of rotatable bonds is 7. The number of hydrogen-bond donors (Lipinski definition) is 2. The highest BCUT2D eigenvalue weighted by atomic mass is 16.5. The number of Topliss-reactive ketones (excluding diaryl/α,β-unsaturated/α-hetero) is 1. The van der Waals surface area contributed by atoms with E-state index in [1.165, 1.54) is 38.3 Å². The van der Waals surface area contributed by atoms with E-state index in [9.17, 15) is 19.2 Å². The van der Waals surface area contributed by atoms with E-state index in [1.54, 1.807) is 6.07 Å². The van der Waals surface area contributed by atoms with Gasteiger partial charge in [0.15, 0.2) is 0 Å². The molecule has 3 aromatic rings. The van der Waals surface area contributed by atoms with Crippen LogP contribution in [-0.4, -0.2) is 30.7 Å². The number of fused-ring (bicyclic) bond motifs is 1. The molecule has 1 atom stereocenters. The molecule has 31 heavy (non-hydrogen) atoms. The van der Waals surface area contributed by atoms with Crippen molar-refractivity contribution in [2.75, 3.05) is 17.7 Å². The number of nitrogens with one attached hydrogen (secondary N) is 2. The van der Waals surface area contributed by atoms with Crippen molar-refractivity contribution >= 4 is 45.7 Å². The molecule has 3 aromatic carbocycles. The summed E-state index contributed by atoms with van der Waals surface area (Å²) in [4.78, 5) is 48.8. The van der Waals surface area contributed by atoms with E-state index < -0.39 is 29.5 Å². The first-order valence-electron chi connectivity index (χ1n) is 9.66. The first kappa shape index (κ1) is 21.7. The van der Waals surface area contributed by atoms with Crippen molar-refractivity contribution in [1.82, 2.24) is 0 Å². The van der Waals surface area contributed by atoms with Crippen molar-refractivity contribution in [3.63, 3.8) is 0 Å². The molecule has 3 rings (SSSR count). The Balaban J connectivity index is 1.68. The van der Waals surface area contributed by atoms with Crippen LogP contribution in [0.25, 0.3) is 10.8 Å². The van der Waals surface area contributed by atoms with Gasteiger partial charge in [0.25, 0.3) is 0 Å².